The summed E-state index contributed by atoms with van der Waals surface area (Å²) >= 11 is 0. The fraction of sp³-hybridized carbons (Fsp3) is 0.476. The second-order valence-corrected chi connectivity index (χ2v) is 18.4. The van der Waals surface area contributed by atoms with Crippen molar-refractivity contribution >= 4 is 55.7 Å². The Bertz CT molecular complexity index is 2600. The standard InChI is InChI=1S/C42H50F2N10O5S/c1-26(25-52-14-9-28(10-15-52)29-7-8-34-35(22-29)51(3)49-39(34)54-18-13-37(55)47-42(54)57)19-27-5-4-6-33(20-27)60(58,59)53-16-11-32(12-17-53)46-41-45-24-31-21-30(23-36(43)44)40(56)50(2)38(31)48-41/h4-8,20-22,24,26,28,32,36H,9-19,23,25H2,1-3H3,(H,45,46,48)(H,47,55,57). The Morgan fingerprint density at radius 2 is 1.70 bits per heavy atom. The maximum atomic E-state index is 13.8. The number of nitrogens with one attached hydrogen (secondary N) is 2. The van der Waals surface area contributed by atoms with Gasteiger partial charge in [0.25, 0.3) is 5.56 Å². The van der Waals surface area contributed by atoms with Gasteiger partial charge in [-0.1, -0.05) is 25.1 Å². The van der Waals surface area contributed by atoms with Crippen LogP contribution in [-0.4, -0.2) is 106 Å². The third kappa shape index (κ3) is 8.63. The Balaban J connectivity index is 0.825. The van der Waals surface area contributed by atoms with E-state index in [0.717, 1.165) is 55.4 Å². The molecule has 6 heterocycles. The second kappa shape index (κ2) is 17.0. The Morgan fingerprint density at radius 1 is 0.933 bits per heavy atom. The highest BCUT2D eigenvalue weighted by Crippen LogP contribution is 2.34. The van der Waals surface area contributed by atoms with Gasteiger partial charge in [-0.2, -0.15) is 14.4 Å². The number of benzene rings is 2. The summed E-state index contributed by atoms with van der Waals surface area (Å²) in [5.74, 6) is 1.29. The number of sulfonamides is 1. The second-order valence-electron chi connectivity index (χ2n) is 16.4. The van der Waals surface area contributed by atoms with Crippen molar-refractivity contribution in [2.24, 2.45) is 20.0 Å². The molecule has 15 nitrogen and oxygen atoms in total. The van der Waals surface area contributed by atoms with Gasteiger partial charge in [-0.15, -0.1) is 0 Å². The minimum Gasteiger partial charge on any atom is -0.351 e. The predicted molar refractivity (Wildman–Crippen MR) is 224 cm³/mol. The Kier molecular flexibility index (Phi) is 11.7. The molecule has 1 unspecified atom stereocenters. The molecule has 8 rings (SSSR count). The molecule has 3 fully saturated rings. The molecule has 5 aromatic rings. The van der Waals surface area contributed by atoms with Crippen LogP contribution in [0.1, 0.15) is 61.6 Å². The van der Waals surface area contributed by atoms with Crippen molar-refractivity contribution < 1.29 is 26.8 Å². The van der Waals surface area contributed by atoms with Crippen LogP contribution in [0.4, 0.5) is 25.3 Å². The van der Waals surface area contributed by atoms with Crippen molar-refractivity contribution in [1.29, 1.82) is 0 Å². The van der Waals surface area contributed by atoms with Gasteiger partial charge in [-0.3, -0.25) is 29.1 Å². The van der Waals surface area contributed by atoms with Crippen LogP contribution in [0.5, 0.6) is 0 Å². The van der Waals surface area contributed by atoms with Crippen LogP contribution in [0, 0.1) is 5.92 Å². The number of carbonyl (C=O) groups is 2. The molecule has 2 aromatic carbocycles. The summed E-state index contributed by atoms with van der Waals surface area (Å²) in [6, 6.07) is 14.5. The van der Waals surface area contributed by atoms with Gasteiger partial charge in [-0.25, -0.2) is 27.0 Å². The number of imide groups is 1. The lowest BCUT2D eigenvalue weighted by Crippen LogP contribution is -2.49. The number of fused-ring (bicyclic) bond motifs is 2. The summed E-state index contributed by atoms with van der Waals surface area (Å²) in [6.07, 6.45) is 2.31. The van der Waals surface area contributed by atoms with Gasteiger partial charge in [0.15, 0.2) is 5.82 Å². The molecule has 0 aliphatic carbocycles. The molecule has 1 atom stereocenters. The van der Waals surface area contributed by atoms with E-state index >= 15 is 0 Å². The minimum atomic E-state index is -3.72. The first-order valence-electron chi connectivity index (χ1n) is 20.5. The molecule has 318 valence electrons. The smallest absolute Gasteiger partial charge is 0.329 e. The van der Waals surface area contributed by atoms with E-state index in [1.165, 1.54) is 38.6 Å². The van der Waals surface area contributed by atoms with Crippen molar-refractivity contribution in [2.45, 2.75) is 75.2 Å². The number of anilines is 2. The lowest BCUT2D eigenvalue weighted by Gasteiger charge is -2.34. The van der Waals surface area contributed by atoms with Crippen LogP contribution >= 0.6 is 0 Å². The Morgan fingerprint density at radius 3 is 2.43 bits per heavy atom. The molecule has 3 saturated heterocycles. The van der Waals surface area contributed by atoms with E-state index in [-0.39, 0.29) is 34.8 Å². The molecule has 3 aliphatic rings. The molecule has 3 amide bonds. The molecule has 0 radical (unpaired) electrons. The molecule has 0 spiro atoms. The highest BCUT2D eigenvalue weighted by atomic mass is 32.2. The molecule has 3 aliphatic heterocycles. The summed E-state index contributed by atoms with van der Waals surface area (Å²) < 4.78 is 58.1. The first kappa shape index (κ1) is 41.4. The van der Waals surface area contributed by atoms with Gasteiger partial charge < -0.3 is 10.2 Å². The number of urea groups is 1. The first-order valence-corrected chi connectivity index (χ1v) is 22.0. The monoisotopic (exact) mass is 844 g/mol. The number of carbonyl (C=O) groups excluding carboxylic acids is 2. The highest BCUT2D eigenvalue weighted by Gasteiger charge is 2.31. The van der Waals surface area contributed by atoms with Crippen molar-refractivity contribution in [3.05, 3.63) is 81.8 Å². The predicted octanol–water partition coefficient (Wildman–Crippen LogP) is 4.79. The van der Waals surface area contributed by atoms with Gasteiger partial charge in [0, 0.05) is 81.7 Å². The highest BCUT2D eigenvalue weighted by molar-refractivity contribution is 7.89. The van der Waals surface area contributed by atoms with E-state index in [1.807, 2.05) is 25.2 Å². The number of aryl methyl sites for hydroxylation is 2. The topological polar surface area (TPSA) is 168 Å². The van der Waals surface area contributed by atoms with Crippen LogP contribution in [-0.2, 0) is 41.8 Å². The van der Waals surface area contributed by atoms with Gasteiger partial charge in [0.05, 0.1) is 10.4 Å². The summed E-state index contributed by atoms with van der Waals surface area (Å²) in [6.45, 7) is 5.97. The summed E-state index contributed by atoms with van der Waals surface area (Å²) in [5.41, 5.74) is 2.99. The molecular formula is C42H50F2N10O5S. The zero-order valence-corrected chi connectivity index (χ0v) is 34.8. The van der Waals surface area contributed by atoms with Crippen LogP contribution in [0.15, 0.2) is 64.4 Å². The number of hydrogen-bond acceptors (Lipinski definition) is 10. The molecule has 0 saturated carbocycles. The fourth-order valence-electron chi connectivity index (χ4n) is 8.93. The molecular weight excluding hydrogens is 795 g/mol. The maximum absolute atomic E-state index is 13.8. The van der Waals surface area contributed by atoms with E-state index < -0.39 is 34.5 Å². The zero-order chi connectivity index (χ0) is 42.3. The van der Waals surface area contributed by atoms with E-state index in [2.05, 4.69) is 49.7 Å². The number of pyridine rings is 1. The average molecular weight is 845 g/mol. The Labute approximate surface area is 346 Å². The number of piperidine rings is 2. The lowest BCUT2D eigenvalue weighted by atomic mass is 9.88. The quantitative estimate of drug-likeness (QED) is 0.178. The average Bonchev–Trinajstić information content (AvgIpc) is 3.55. The maximum Gasteiger partial charge on any atom is 0.329 e. The fourth-order valence-corrected chi connectivity index (χ4v) is 10.5. The van der Waals surface area contributed by atoms with E-state index in [0.29, 0.717) is 61.2 Å². The van der Waals surface area contributed by atoms with Gasteiger partial charge in [-0.05, 0) is 98.5 Å². The van der Waals surface area contributed by atoms with Crippen molar-refractivity contribution in [3.63, 3.8) is 0 Å². The SMILES string of the molecule is CC(Cc1cccc(S(=O)(=O)N2CCC(Nc3ncc4cc(CC(F)F)c(=O)n(C)c4n3)CC2)c1)CN1CCC(c2ccc3c(N4CCC(=O)NC4=O)nn(C)c3c2)CC1. The third-order valence-electron chi connectivity index (χ3n) is 12.1. The number of halogens is 2. The largest absolute Gasteiger partial charge is 0.351 e. The molecule has 18 heteroatoms. The van der Waals surface area contributed by atoms with Crippen LogP contribution in [0.2, 0.25) is 0 Å². The molecule has 0 bridgehead atoms. The van der Waals surface area contributed by atoms with E-state index in [4.69, 9.17) is 0 Å². The normalized spacial score (nSPS) is 18.5. The van der Waals surface area contributed by atoms with Crippen molar-refractivity contribution in [2.75, 3.05) is 49.5 Å². The van der Waals surface area contributed by atoms with Crippen LogP contribution in [0.25, 0.3) is 21.9 Å². The summed E-state index contributed by atoms with van der Waals surface area (Å²) in [4.78, 5) is 49.9. The number of aromatic nitrogens is 5. The zero-order valence-electron chi connectivity index (χ0n) is 34.0. The van der Waals surface area contributed by atoms with E-state index in [9.17, 15) is 31.6 Å². The summed E-state index contributed by atoms with van der Waals surface area (Å²) in [5, 5.41) is 11.6. The lowest BCUT2D eigenvalue weighted by molar-refractivity contribution is -0.120. The number of rotatable bonds is 12. The van der Waals surface area contributed by atoms with E-state index in [1.54, 1.807) is 16.8 Å². The Hall–Kier alpha value is -5.33. The van der Waals surface area contributed by atoms with Gasteiger partial charge in [0.1, 0.15) is 5.65 Å². The van der Waals surface area contributed by atoms with Crippen molar-refractivity contribution in [1.82, 2.24) is 38.8 Å². The number of nitrogens with zero attached hydrogens (tertiary/aromatic N) is 8. The molecule has 60 heavy (non-hydrogen) atoms. The molecule has 3 aromatic heterocycles. The summed E-state index contributed by atoms with van der Waals surface area (Å²) in [7, 11) is -0.350. The van der Waals surface area contributed by atoms with Crippen molar-refractivity contribution in [3.8, 4) is 0 Å². The number of likely N-dealkylation sites (tertiary alicyclic amines) is 1. The number of amides is 3. The third-order valence-corrected chi connectivity index (χ3v) is 14.0. The van der Waals surface area contributed by atoms with Crippen LogP contribution in [0.3, 0.4) is 0 Å². The van der Waals surface area contributed by atoms with Gasteiger partial charge in [0.2, 0.25) is 28.3 Å². The van der Waals surface area contributed by atoms with Gasteiger partial charge >= 0.3 is 6.03 Å². The molecule has 2 N–H and O–H groups in total. The number of alkyl halides is 2. The number of hydrogen-bond donors (Lipinski definition) is 2. The van der Waals surface area contributed by atoms with Crippen LogP contribution < -0.4 is 21.1 Å². The first-order chi connectivity index (χ1) is 28.7. The minimum absolute atomic E-state index is 0.00728.